The van der Waals surface area contributed by atoms with E-state index in [0.29, 0.717) is 0 Å². The first-order valence-corrected chi connectivity index (χ1v) is 5.79. The highest BCUT2D eigenvalue weighted by atomic mass is 35.5. The third kappa shape index (κ3) is 3.08. The molecule has 0 radical (unpaired) electrons. The Kier molecular flexibility index (Phi) is 4.11. The van der Waals surface area contributed by atoms with Crippen LogP contribution in [0, 0.1) is 0 Å². The molecule has 0 bridgehead atoms. The summed E-state index contributed by atoms with van der Waals surface area (Å²) in [5.74, 6) is 0. The van der Waals surface area contributed by atoms with Gasteiger partial charge in [0.1, 0.15) is 5.01 Å². The van der Waals surface area contributed by atoms with E-state index in [1.165, 1.54) is 0 Å². The molecule has 0 amide bonds. The zero-order valence-electron chi connectivity index (χ0n) is 8.67. The maximum atomic E-state index is 5.59. The van der Waals surface area contributed by atoms with E-state index in [4.69, 9.17) is 11.6 Å². The van der Waals surface area contributed by atoms with Crippen LogP contribution in [-0.4, -0.2) is 11.5 Å². The molecule has 0 saturated heterocycles. The smallest absolute Gasteiger partial charge is 0.112 e. The van der Waals surface area contributed by atoms with Gasteiger partial charge in [-0.3, -0.25) is 0 Å². The summed E-state index contributed by atoms with van der Waals surface area (Å²) in [7, 11) is 0. The Hall–Kier alpha value is -0.380. The Labute approximate surface area is 94.0 Å². The summed E-state index contributed by atoms with van der Waals surface area (Å²) >= 11 is 7.25. The maximum Gasteiger partial charge on any atom is 0.112 e. The lowest BCUT2D eigenvalue weighted by Gasteiger charge is -2.23. The van der Waals surface area contributed by atoms with Crippen LogP contribution < -0.4 is 5.32 Å². The van der Waals surface area contributed by atoms with E-state index in [1.807, 2.05) is 18.5 Å². The molecule has 0 fully saturated rings. The fourth-order valence-corrected chi connectivity index (χ4v) is 1.82. The van der Waals surface area contributed by atoms with E-state index in [-0.39, 0.29) is 5.54 Å². The van der Waals surface area contributed by atoms with Gasteiger partial charge in [0.05, 0.1) is 5.54 Å². The summed E-state index contributed by atoms with van der Waals surface area (Å²) in [5, 5.41) is 6.49. The molecular weight excluding hydrogens is 216 g/mol. The fourth-order valence-electron chi connectivity index (χ4n) is 1.01. The number of rotatable bonds is 4. The standard InChI is InChI=1S/C10H15ClN2S/c1-8(6-11)7-13-10(2,3)9-12-4-5-14-9/h4-6,13H,7H2,1-3H3/b8-6-. The summed E-state index contributed by atoms with van der Waals surface area (Å²) in [6, 6.07) is 0. The summed E-state index contributed by atoms with van der Waals surface area (Å²) in [6.45, 7) is 7.02. The highest BCUT2D eigenvalue weighted by Gasteiger charge is 2.21. The van der Waals surface area contributed by atoms with Crippen LogP contribution in [0.4, 0.5) is 0 Å². The van der Waals surface area contributed by atoms with E-state index in [9.17, 15) is 0 Å². The second kappa shape index (κ2) is 4.91. The number of nitrogens with zero attached hydrogens (tertiary/aromatic N) is 1. The first-order chi connectivity index (χ1) is 6.56. The van der Waals surface area contributed by atoms with Crippen molar-refractivity contribution in [2.45, 2.75) is 26.3 Å². The van der Waals surface area contributed by atoms with Crippen molar-refractivity contribution in [3.05, 3.63) is 27.7 Å². The van der Waals surface area contributed by atoms with E-state index < -0.39 is 0 Å². The lowest BCUT2D eigenvalue weighted by molar-refractivity contribution is 0.419. The molecule has 4 heteroatoms. The van der Waals surface area contributed by atoms with Crippen LogP contribution in [0.1, 0.15) is 25.8 Å². The molecule has 0 aromatic carbocycles. The van der Waals surface area contributed by atoms with Gasteiger partial charge in [-0.15, -0.1) is 11.3 Å². The average Bonchev–Trinajstić information content (AvgIpc) is 2.67. The molecule has 2 nitrogen and oxygen atoms in total. The van der Waals surface area contributed by atoms with Crippen LogP contribution in [0.5, 0.6) is 0 Å². The first kappa shape index (κ1) is 11.7. The van der Waals surface area contributed by atoms with Gasteiger partial charge in [-0.25, -0.2) is 4.98 Å². The van der Waals surface area contributed by atoms with Gasteiger partial charge in [-0.2, -0.15) is 0 Å². The van der Waals surface area contributed by atoms with E-state index >= 15 is 0 Å². The van der Waals surface area contributed by atoms with Crippen molar-refractivity contribution in [1.82, 2.24) is 10.3 Å². The van der Waals surface area contributed by atoms with Gasteiger partial charge >= 0.3 is 0 Å². The zero-order valence-corrected chi connectivity index (χ0v) is 10.2. The van der Waals surface area contributed by atoms with Crippen LogP contribution in [0.2, 0.25) is 0 Å². The van der Waals surface area contributed by atoms with Crippen molar-refractivity contribution in [1.29, 1.82) is 0 Å². The minimum Gasteiger partial charge on any atom is -0.302 e. The van der Waals surface area contributed by atoms with E-state index in [2.05, 4.69) is 24.1 Å². The number of halogens is 1. The molecule has 1 heterocycles. The lowest BCUT2D eigenvalue weighted by atomic mass is 10.1. The number of aromatic nitrogens is 1. The summed E-state index contributed by atoms with van der Waals surface area (Å²) in [6.07, 6.45) is 1.83. The topological polar surface area (TPSA) is 24.9 Å². The van der Waals surface area contributed by atoms with Gasteiger partial charge in [-0.1, -0.05) is 11.6 Å². The van der Waals surface area contributed by atoms with Crippen molar-refractivity contribution in [2.75, 3.05) is 6.54 Å². The van der Waals surface area contributed by atoms with Crippen molar-refractivity contribution in [2.24, 2.45) is 0 Å². The van der Waals surface area contributed by atoms with Crippen molar-refractivity contribution in [3.8, 4) is 0 Å². The summed E-state index contributed by atoms with van der Waals surface area (Å²) in [4.78, 5) is 4.30. The molecule has 0 aliphatic carbocycles. The average molecular weight is 231 g/mol. The van der Waals surface area contributed by atoms with Gasteiger partial charge < -0.3 is 5.32 Å². The molecule has 0 saturated carbocycles. The van der Waals surface area contributed by atoms with Gasteiger partial charge in [0.25, 0.3) is 0 Å². The Balaban J connectivity index is 2.59. The number of thiazole rings is 1. The maximum absolute atomic E-state index is 5.59. The van der Waals surface area contributed by atoms with Crippen molar-refractivity contribution >= 4 is 22.9 Å². The molecule has 1 aromatic rings. The predicted molar refractivity (Wildman–Crippen MR) is 62.8 cm³/mol. The molecule has 1 N–H and O–H groups in total. The highest BCUT2D eigenvalue weighted by molar-refractivity contribution is 7.09. The Bertz CT molecular complexity index is 304. The quantitative estimate of drug-likeness (QED) is 0.860. The van der Waals surface area contributed by atoms with Crippen LogP contribution >= 0.6 is 22.9 Å². The van der Waals surface area contributed by atoms with Crippen molar-refractivity contribution in [3.63, 3.8) is 0 Å². The predicted octanol–water partition coefficient (Wildman–Crippen LogP) is 3.11. The van der Waals surface area contributed by atoms with Gasteiger partial charge in [-0.05, 0) is 26.3 Å². The fraction of sp³-hybridized carbons (Fsp3) is 0.500. The molecule has 0 atom stereocenters. The summed E-state index contributed by atoms with van der Waals surface area (Å²) < 4.78 is 0. The molecule has 0 unspecified atom stereocenters. The third-order valence-electron chi connectivity index (χ3n) is 1.96. The van der Waals surface area contributed by atoms with Gasteiger partial charge in [0.15, 0.2) is 0 Å². The highest BCUT2D eigenvalue weighted by Crippen LogP contribution is 2.21. The minimum atomic E-state index is -0.0880. The molecule has 1 rings (SSSR count). The molecule has 0 aliphatic heterocycles. The normalized spacial score (nSPS) is 13.3. The second-order valence-electron chi connectivity index (χ2n) is 3.77. The second-order valence-corrected chi connectivity index (χ2v) is 4.88. The number of nitrogens with one attached hydrogen (secondary N) is 1. The Morgan fingerprint density at radius 1 is 1.71 bits per heavy atom. The minimum absolute atomic E-state index is 0.0880. The van der Waals surface area contributed by atoms with Crippen LogP contribution in [0.3, 0.4) is 0 Å². The number of hydrogen-bond acceptors (Lipinski definition) is 3. The van der Waals surface area contributed by atoms with Gasteiger partial charge in [0, 0.05) is 23.7 Å². The molecule has 0 aliphatic rings. The molecule has 0 spiro atoms. The van der Waals surface area contributed by atoms with Gasteiger partial charge in [0.2, 0.25) is 0 Å². The molecule has 1 aromatic heterocycles. The van der Waals surface area contributed by atoms with Crippen molar-refractivity contribution < 1.29 is 0 Å². The number of hydrogen-bond donors (Lipinski definition) is 1. The molecular formula is C10H15ClN2S. The first-order valence-electron chi connectivity index (χ1n) is 4.47. The van der Waals surface area contributed by atoms with Crippen LogP contribution in [0.15, 0.2) is 22.7 Å². The Morgan fingerprint density at radius 3 is 2.93 bits per heavy atom. The van der Waals surface area contributed by atoms with E-state index in [0.717, 1.165) is 17.1 Å². The van der Waals surface area contributed by atoms with E-state index in [1.54, 1.807) is 16.9 Å². The van der Waals surface area contributed by atoms with Crippen LogP contribution in [-0.2, 0) is 5.54 Å². The largest absolute Gasteiger partial charge is 0.302 e. The lowest BCUT2D eigenvalue weighted by Crippen LogP contribution is -2.37. The molecule has 78 valence electrons. The Morgan fingerprint density at radius 2 is 2.43 bits per heavy atom. The monoisotopic (exact) mass is 230 g/mol. The third-order valence-corrected chi connectivity index (χ3v) is 3.43. The SMILES string of the molecule is C/C(=C/Cl)CNC(C)(C)c1nccs1. The summed E-state index contributed by atoms with van der Waals surface area (Å²) in [5.41, 5.74) is 2.64. The van der Waals surface area contributed by atoms with Crippen LogP contribution in [0.25, 0.3) is 0 Å². The molecule has 14 heavy (non-hydrogen) atoms. The zero-order chi connectivity index (χ0) is 10.6.